The molecule has 0 aliphatic heterocycles. The van der Waals surface area contributed by atoms with Gasteiger partial charge in [-0.05, 0) is 53.8 Å². The van der Waals surface area contributed by atoms with Gasteiger partial charge in [0.2, 0.25) is 0 Å². The molecule has 0 fully saturated rings. The lowest BCUT2D eigenvalue weighted by Gasteiger charge is -2.07. The van der Waals surface area contributed by atoms with Gasteiger partial charge < -0.3 is 4.74 Å². The van der Waals surface area contributed by atoms with Crippen molar-refractivity contribution in [1.82, 2.24) is 19.5 Å². The van der Waals surface area contributed by atoms with Gasteiger partial charge in [-0.15, -0.1) is 11.3 Å². The maximum Gasteiger partial charge on any atom is 0.165 e. The van der Waals surface area contributed by atoms with Gasteiger partial charge in [-0.2, -0.15) is 5.10 Å². The molecule has 0 bridgehead atoms. The van der Waals surface area contributed by atoms with Crippen molar-refractivity contribution in [2.75, 3.05) is 6.66 Å². The molecule has 0 saturated heterocycles. The predicted octanol–water partition coefficient (Wildman–Crippen LogP) is 5.49. The molecule has 0 N–H and O–H groups in total. The van der Waals surface area contributed by atoms with Crippen molar-refractivity contribution in [3.8, 4) is 22.1 Å². The topological polar surface area (TPSA) is 52.8 Å². The second kappa shape index (κ2) is 6.83. The average Bonchev–Trinajstić information content (AvgIpc) is 3.20. The zero-order valence-corrected chi connectivity index (χ0v) is 16.9. The van der Waals surface area contributed by atoms with Crippen LogP contribution in [0.15, 0.2) is 47.3 Å². The van der Waals surface area contributed by atoms with Crippen LogP contribution in [0.5, 0.6) is 11.5 Å². The van der Waals surface area contributed by atoms with Crippen LogP contribution >= 0.6 is 36.0 Å². The average molecular weight is 433 g/mol. The predicted molar refractivity (Wildman–Crippen MR) is 107 cm³/mol. The van der Waals surface area contributed by atoms with E-state index in [1.165, 1.54) is 4.88 Å². The van der Waals surface area contributed by atoms with Gasteiger partial charge in [-0.3, -0.25) is 0 Å². The van der Waals surface area contributed by atoms with Crippen LogP contribution in [0.1, 0.15) is 4.88 Å². The maximum atomic E-state index is 6.09. The summed E-state index contributed by atoms with van der Waals surface area (Å²) < 4.78 is 8.71. The number of hydrogen-bond acceptors (Lipinski definition) is 5. The number of aromatic nitrogens is 4. The Hall–Kier alpha value is -1.82. The summed E-state index contributed by atoms with van der Waals surface area (Å²) >= 11 is 5.20. The van der Waals surface area contributed by atoms with Gasteiger partial charge in [0.05, 0.1) is 5.39 Å². The van der Waals surface area contributed by atoms with Gasteiger partial charge in [0, 0.05) is 37.6 Å². The molecule has 1 atom stereocenters. The Bertz CT molecular complexity index is 1040. The van der Waals surface area contributed by atoms with Crippen LogP contribution in [0, 0.1) is 6.92 Å². The molecule has 0 aliphatic carbocycles. The molecule has 4 rings (SSSR count). The van der Waals surface area contributed by atoms with Crippen LogP contribution < -0.4 is 4.74 Å². The van der Waals surface area contributed by atoms with Gasteiger partial charge in [0.15, 0.2) is 5.65 Å². The SMILES string of the molecule is CPn1nc(Br)c2c(Oc3ccc(-c4ncc(C)s4)cc3)ccnc21. The summed E-state index contributed by atoms with van der Waals surface area (Å²) in [5, 5.41) is 6.37. The van der Waals surface area contributed by atoms with Crippen molar-refractivity contribution in [3.05, 3.63) is 52.2 Å². The summed E-state index contributed by atoms with van der Waals surface area (Å²) in [7, 11) is 0.505. The Kier molecular flexibility index (Phi) is 4.54. The van der Waals surface area contributed by atoms with Gasteiger partial charge in [-0.25, -0.2) is 14.4 Å². The first-order valence-electron chi connectivity index (χ1n) is 7.57. The molecule has 3 heterocycles. The van der Waals surface area contributed by atoms with E-state index in [9.17, 15) is 0 Å². The van der Waals surface area contributed by atoms with E-state index in [1.54, 1.807) is 17.5 Å². The van der Waals surface area contributed by atoms with Gasteiger partial charge >= 0.3 is 0 Å². The molecular weight excluding hydrogens is 419 g/mol. The zero-order valence-electron chi connectivity index (χ0n) is 13.5. The lowest BCUT2D eigenvalue weighted by atomic mass is 10.2. The van der Waals surface area contributed by atoms with E-state index in [2.05, 4.69) is 44.6 Å². The third-order valence-electron chi connectivity index (χ3n) is 3.65. The largest absolute Gasteiger partial charge is 0.456 e. The Labute approximate surface area is 159 Å². The fourth-order valence-electron chi connectivity index (χ4n) is 2.49. The second-order valence-electron chi connectivity index (χ2n) is 5.34. The lowest BCUT2D eigenvalue weighted by molar-refractivity contribution is 0.488. The van der Waals surface area contributed by atoms with Crippen molar-refractivity contribution in [1.29, 1.82) is 0 Å². The van der Waals surface area contributed by atoms with E-state index in [0.717, 1.165) is 37.7 Å². The molecule has 5 nitrogen and oxygen atoms in total. The number of ether oxygens (including phenoxy) is 1. The molecule has 126 valence electrons. The van der Waals surface area contributed by atoms with Crippen molar-refractivity contribution in [2.45, 2.75) is 6.92 Å². The van der Waals surface area contributed by atoms with Gasteiger partial charge in [-0.1, -0.05) is 0 Å². The van der Waals surface area contributed by atoms with Crippen molar-refractivity contribution in [3.63, 3.8) is 0 Å². The summed E-state index contributed by atoms with van der Waals surface area (Å²) in [5.41, 5.74) is 1.91. The number of pyridine rings is 1. The van der Waals surface area contributed by atoms with E-state index < -0.39 is 0 Å². The number of hydrogen-bond donors (Lipinski definition) is 0. The molecule has 0 saturated carbocycles. The zero-order chi connectivity index (χ0) is 17.4. The highest BCUT2D eigenvalue weighted by atomic mass is 79.9. The summed E-state index contributed by atoms with van der Waals surface area (Å²) in [6, 6.07) is 9.82. The van der Waals surface area contributed by atoms with E-state index in [-0.39, 0.29) is 0 Å². The third kappa shape index (κ3) is 3.19. The van der Waals surface area contributed by atoms with Crippen LogP contribution in [0.4, 0.5) is 0 Å². The van der Waals surface area contributed by atoms with E-state index in [0.29, 0.717) is 8.73 Å². The molecule has 0 radical (unpaired) electrons. The molecule has 0 amide bonds. The number of benzene rings is 1. The van der Waals surface area contributed by atoms with Crippen LogP contribution in [0.25, 0.3) is 21.6 Å². The molecule has 4 aromatic rings. The van der Waals surface area contributed by atoms with Crippen LogP contribution in [0.2, 0.25) is 0 Å². The number of halogens is 1. The quantitative estimate of drug-likeness (QED) is 0.400. The fraction of sp³-hybridized carbons (Fsp3) is 0.118. The molecule has 25 heavy (non-hydrogen) atoms. The van der Waals surface area contributed by atoms with E-state index in [4.69, 9.17) is 4.74 Å². The molecule has 0 spiro atoms. The summed E-state index contributed by atoms with van der Waals surface area (Å²) in [6.45, 7) is 4.12. The second-order valence-corrected chi connectivity index (χ2v) is 8.19. The van der Waals surface area contributed by atoms with Crippen molar-refractivity contribution >= 4 is 47.0 Å². The van der Waals surface area contributed by atoms with Gasteiger partial charge in [0.25, 0.3) is 0 Å². The minimum atomic E-state index is 0.505. The number of aryl methyl sites for hydroxylation is 1. The van der Waals surface area contributed by atoms with Crippen LogP contribution in [-0.4, -0.2) is 26.2 Å². The smallest absolute Gasteiger partial charge is 0.165 e. The fourth-order valence-corrected chi connectivity index (χ4v) is 4.52. The molecule has 1 unspecified atom stereocenters. The van der Waals surface area contributed by atoms with Gasteiger partial charge in [0.1, 0.15) is 21.1 Å². The minimum Gasteiger partial charge on any atom is -0.456 e. The number of rotatable bonds is 4. The third-order valence-corrected chi connectivity index (χ3v) is 5.90. The summed E-state index contributed by atoms with van der Waals surface area (Å²) in [6.07, 6.45) is 3.64. The molecular formula is C17H14BrN4OPS. The van der Waals surface area contributed by atoms with Crippen LogP contribution in [0.3, 0.4) is 0 Å². The number of fused-ring (bicyclic) bond motifs is 1. The van der Waals surface area contributed by atoms with Crippen molar-refractivity contribution in [2.24, 2.45) is 0 Å². The standard InChI is InChI=1S/C17H14BrN4OPS/c1-10-9-20-17(25-10)11-3-5-12(6-4-11)23-13-7-8-19-16-14(13)15(18)21-22(16)24-2/h3-9,24H,1-2H3. The van der Waals surface area contributed by atoms with E-state index in [1.807, 2.05) is 41.0 Å². The highest BCUT2D eigenvalue weighted by molar-refractivity contribution is 9.10. The monoisotopic (exact) mass is 432 g/mol. The number of thiazole rings is 1. The first-order chi connectivity index (χ1) is 12.2. The Balaban J connectivity index is 1.66. The van der Waals surface area contributed by atoms with E-state index >= 15 is 0 Å². The Morgan fingerprint density at radius 3 is 2.64 bits per heavy atom. The van der Waals surface area contributed by atoms with Crippen LogP contribution in [-0.2, 0) is 0 Å². The highest BCUT2D eigenvalue weighted by Gasteiger charge is 2.15. The number of nitrogens with zero attached hydrogens (tertiary/aromatic N) is 4. The highest BCUT2D eigenvalue weighted by Crippen LogP contribution is 2.36. The molecule has 8 heteroatoms. The van der Waals surface area contributed by atoms with Crippen molar-refractivity contribution < 1.29 is 4.74 Å². The maximum absolute atomic E-state index is 6.09. The molecule has 3 aromatic heterocycles. The molecule has 1 aromatic carbocycles. The summed E-state index contributed by atoms with van der Waals surface area (Å²) in [5.74, 6) is 1.50. The minimum absolute atomic E-state index is 0.505. The first-order valence-corrected chi connectivity index (χ1v) is 10.6. The Morgan fingerprint density at radius 2 is 1.96 bits per heavy atom. The lowest BCUT2D eigenvalue weighted by Crippen LogP contribution is -1.89. The normalized spacial score (nSPS) is 11.6. The first kappa shape index (κ1) is 16.6. The molecule has 0 aliphatic rings. The summed E-state index contributed by atoms with van der Waals surface area (Å²) in [4.78, 5) is 10.0. The Morgan fingerprint density at radius 1 is 1.16 bits per heavy atom.